The average molecular weight is 659 g/mol. The van der Waals surface area contributed by atoms with Gasteiger partial charge in [-0.05, 0) is 62.6 Å². The lowest BCUT2D eigenvalue weighted by molar-refractivity contribution is -0.133. The monoisotopic (exact) mass is 658 g/mol. The molecule has 258 valence electrons. The number of amides is 4. The van der Waals surface area contributed by atoms with Gasteiger partial charge in [-0.1, -0.05) is 105 Å². The number of carbonyl (C=O) groups excluding carboxylic acids is 4. The Hall–Kier alpha value is -4.70. The molecule has 3 rings (SSSR count). The van der Waals surface area contributed by atoms with E-state index in [0.717, 1.165) is 11.1 Å². The molecule has 0 unspecified atom stereocenters. The zero-order valence-electron chi connectivity index (χ0n) is 28.5. The molecule has 0 radical (unpaired) electrons. The highest BCUT2D eigenvalue weighted by molar-refractivity contribution is 5.92. The molecule has 5 atom stereocenters. The summed E-state index contributed by atoms with van der Waals surface area (Å²) in [5, 5.41) is 20.1. The summed E-state index contributed by atoms with van der Waals surface area (Å²) in [6.07, 6.45) is -1.15. The van der Waals surface area contributed by atoms with Gasteiger partial charge in [-0.15, -0.1) is 0 Å². The minimum atomic E-state index is -1.19. The first-order valence-corrected chi connectivity index (χ1v) is 16.4. The van der Waals surface area contributed by atoms with E-state index < -0.39 is 59.6 Å². The SMILES string of the molecule is CC(C)C[C@H](NC(=O)[C@H](Cc1ccccc1)C[C@@H](O)[C@@H](NC(=O)OC(C)(C)C)c1ccccc1)C(=O)N[C@@H](Cc1ccccc1)C(N)=O. The van der Waals surface area contributed by atoms with E-state index in [4.69, 9.17) is 10.5 Å². The minimum Gasteiger partial charge on any atom is -0.444 e. The lowest BCUT2D eigenvalue weighted by Gasteiger charge is -2.30. The Labute approximate surface area is 283 Å². The maximum atomic E-state index is 14.1. The summed E-state index contributed by atoms with van der Waals surface area (Å²) < 4.78 is 5.47. The molecule has 3 aromatic rings. The molecule has 48 heavy (non-hydrogen) atoms. The zero-order valence-corrected chi connectivity index (χ0v) is 28.5. The van der Waals surface area contributed by atoms with E-state index in [1.807, 2.05) is 80.6 Å². The number of hydrogen-bond acceptors (Lipinski definition) is 6. The number of aliphatic hydroxyl groups excluding tert-OH is 1. The Morgan fingerprint density at radius 1 is 0.708 bits per heavy atom. The molecule has 0 fully saturated rings. The van der Waals surface area contributed by atoms with Crippen molar-refractivity contribution in [3.05, 3.63) is 108 Å². The van der Waals surface area contributed by atoms with Crippen molar-refractivity contribution < 1.29 is 29.0 Å². The third-order valence-electron chi connectivity index (χ3n) is 7.72. The molecule has 4 amide bonds. The van der Waals surface area contributed by atoms with Crippen molar-refractivity contribution in [2.75, 3.05) is 0 Å². The molecule has 10 nitrogen and oxygen atoms in total. The predicted molar refractivity (Wildman–Crippen MR) is 185 cm³/mol. The van der Waals surface area contributed by atoms with Crippen molar-refractivity contribution >= 4 is 23.8 Å². The van der Waals surface area contributed by atoms with Gasteiger partial charge in [0.2, 0.25) is 17.7 Å². The number of rotatable bonds is 16. The standard InChI is InChI=1S/C38H50N4O6/c1-25(2)21-31(36(46)40-30(34(39)44)23-27-17-11-7-12-18-27)41-35(45)29(22-26-15-9-6-10-16-26)24-32(43)33(28-19-13-8-14-20-28)42-37(47)48-38(3,4)5/h6-20,25,29-33,43H,21-24H2,1-5H3,(H2,39,44)(H,40,46)(H,41,45)(H,42,47)/t29-,30+,31+,32-,33+/m1/s1. The molecule has 0 aromatic heterocycles. The number of nitrogens with one attached hydrogen (secondary N) is 3. The van der Waals surface area contributed by atoms with E-state index >= 15 is 0 Å². The Morgan fingerprint density at radius 2 is 1.21 bits per heavy atom. The van der Waals surface area contributed by atoms with E-state index in [2.05, 4.69) is 16.0 Å². The van der Waals surface area contributed by atoms with Gasteiger partial charge in [-0.2, -0.15) is 0 Å². The Balaban J connectivity index is 1.86. The first kappa shape index (κ1) is 37.8. The van der Waals surface area contributed by atoms with Crippen molar-refractivity contribution in [1.29, 1.82) is 0 Å². The Kier molecular flexibility index (Phi) is 14.2. The van der Waals surface area contributed by atoms with Crippen molar-refractivity contribution in [2.45, 2.75) is 90.1 Å². The van der Waals surface area contributed by atoms with Crippen LogP contribution in [0, 0.1) is 11.8 Å². The quantitative estimate of drug-likeness (QED) is 0.151. The molecule has 0 saturated heterocycles. The number of primary amides is 1. The maximum Gasteiger partial charge on any atom is 0.408 e. The van der Waals surface area contributed by atoms with Crippen LogP contribution in [0.1, 0.15) is 70.2 Å². The number of ether oxygens (including phenoxy) is 1. The third-order valence-corrected chi connectivity index (χ3v) is 7.72. The van der Waals surface area contributed by atoms with Crippen LogP contribution in [-0.2, 0) is 32.0 Å². The molecule has 3 aromatic carbocycles. The second-order valence-electron chi connectivity index (χ2n) is 13.6. The predicted octanol–water partition coefficient (Wildman–Crippen LogP) is 4.61. The maximum absolute atomic E-state index is 14.1. The van der Waals surface area contributed by atoms with E-state index in [1.165, 1.54) is 0 Å². The first-order chi connectivity index (χ1) is 22.7. The van der Waals surface area contributed by atoms with Crippen LogP contribution in [0.3, 0.4) is 0 Å². The van der Waals surface area contributed by atoms with Crippen LogP contribution in [-0.4, -0.2) is 52.7 Å². The Morgan fingerprint density at radius 3 is 1.71 bits per heavy atom. The van der Waals surface area contributed by atoms with Gasteiger partial charge in [0.25, 0.3) is 0 Å². The Bertz CT molecular complexity index is 1460. The van der Waals surface area contributed by atoms with E-state index in [9.17, 15) is 24.3 Å². The fourth-order valence-electron chi connectivity index (χ4n) is 5.44. The smallest absolute Gasteiger partial charge is 0.408 e. The summed E-state index contributed by atoms with van der Waals surface area (Å²) in [6.45, 7) is 9.10. The molecule has 0 aliphatic carbocycles. The van der Waals surface area contributed by atoms with Crippen LogP contribution in [0.25, 0.3) is 0 Å². The normalized spacial score (nSPS) is 14.6. The van der Waals surface area contributed by atoms with Crippen LogP contribution in [0.15, 0.2) is 91.0 Å². The third kappa shape index (κ3) is 12.8. The largest absolute Gasteiger partial charge is 0.444 e. The molecule has 0 aliphatic rings. The minimum absolute atomic E-state index is 0.0286. The van der Waals surface area contributed by atoms with Crippen LogP contribution >= 0.6 is 0 Å². The first-order valence-electron chi connectivity index (χ1n) is 16.4. The second kappa shape index (κ2) is 18.0. The number of carbonyl (C=O) groups is 4. The topological polar surface area (TPSA) is 160 Å². The van der Waals surface area contributed by atoms with Gasteiger partial charge in [0.05, 0.1) is 12.1 Å². The summed E-state index contributed by atoms with van der Waals surface area (Å²) in [5.41, 5.74) is 7.24. The van der Waals surface area contributed by atoms with Crippen molar-refractivity contribution in [2.24, 2.45) is 17.6 Å². The van der Waals surface area contributed by atoms with E-state index in [0.29, 0.717) is 12.0 Å². The molecule has 6 N–H and O–H groups in total. The number of aliphatic hydroxyl groups is 1. The van der Waals surface area contributed by atoms with Crippen molar-refractivity contribution in [3.8, 4) is 0 Å². The molecule has 10 heteroatoms. The summed E-state index contributed by atoms with van der Waals surface area (Å²) in [5.74, 6) is -2.41. The summed E-state index contributed by atoms with van der Waals surface area (Å²) in [6, 6.07) is 24.8. The van der Waals surface area contributed by atoms with Crippen LogP contribution < -0.4 is 21.7 Å². The average Bonchev–Trinajstić information content (AvgIpc) is 3.03. The van der Waals surface area contributed by atoms with Crippen molar-refractivity contribution in [1.82, 2.24) is 16.0 Å². The second-order valence-corrected chi connectivity index (χ2v) is 13.6. The van der Waals surface area contributed by atoms with Gasteiger partial charge in [0.15, 0.2) is 0 Å². The van der Waals surface area contributed by atoms with Gasteiger partial charge in [-0.3, -0.25) is 14.4 Å². The molecule has 0 aliphatic heterocycles. The lowest BCUT2D eigenvalue weighted by atomic mass is 9.88. The van der Waals surface area contributed by atoms with Gasteiger partial charge < -0.3 is 31.5 Å². The highest BCUT2D eigenvalue weighted by Crippen LogP contribution is 2.25. The fraction of sp³-hybridized carbons (Fsp3) is 0.421. The zero-order chi connectivity index (χ0) is 35.3. The molecular weight excluding hydrogens is 608 g/mol. The van der Waals surface area contributed by atoms with E-state index in [1.54, 1.807) is 45.0 Å². The highest BCUT2D eigenvalue weighted by Gasteiger charge is 2.33. The summed E-state index contributed by atoms with van der Waals surface area (Å²) in [7, 11) is 0. The molecule has 0 heterocycles. The molecule has 0 saturated carbocycles. The number of nitrogens with two attached hydrogens (primary N) is 1. The lowest BCUT2D eigenvalue weighted by Crippen LogP contribution is -2.55. The summed E-state index contributed by atoms with van der Waals surface area (Å²) >= 11 is 0. The molecule has 0 bridgehead atoms. The number of benzene rings is 3. The summed E-state index contributed by atoms with van der Waals surface area (Å²) in [4.78, 5) is 52.8. The highest BCUT2D eigenvalue weighted by atomic mass is 16.6. The number of hydrogen-bond donors (Lipinski definition) is 5. The van der Waals surface area contributed by atoms with Gasteiger partial charge in [0, 0.05) is 12.3 Å². The van der Waals surface area contributed by atoms with Crippen LogP contribution in [0.4, 0.5) is 4.79 Å². The van der Waals surface area contributed by atoms with Crippen molar-refractivity contribution in [3.63, 3.8) is 0 Å². The molecular formula is C38H50N4O6. The molecule has 0 spiro atoms. The van der Waals surface area contributed by atoms with Gasteiger partial charge >= 0.3 is 6.09 Å². The van der Waals surface area contributed by atoms with Crippen LogP contribution in [0.5, 0.6) is 0 Å². The van der Waals surface area contributed by atoms with Gasteiger partial charge in [-0.25, -0.2) is 4.79 Å². The fourth-order valence-corrected chi connectivity index (χ4v) is 5.44. The number of alkyl carbamates (subject to hydrolysis) is 1. The van der Waals surface area contributed by atoms with E-state index in [-0.39, 0.29) is 25.2 Å². The van der Waals surface area contributed by atoms with Crippen LogP contribution in [0.2, 0.25) is 0 Å². The van der Waals surface area contributed by atoms with Gasteiger partial charge in [0.1, 0.15) is 17.7 Å².